The molecule has 0 radical (unpaired) electrons. The summed E-state index contributed by atoms with van der Waals surface area (Å²) in [4.78, 5) is 30.5. The van der Waals surface area contributed by atoms with Crippen LogP contribution in [0, 0.1) is 6.92 Å². The molecule has 1 aliphatic rings. The van der Waals surface area contributed by atoms with E-state index in [4.69, 9.17) is 0 Å². The lowest BCUT2D eigenvalue weighted by molar-refractivity contribution is 0.0982. The molecule has 0 fully saturated rings. The smallest absolute Gasteiger partial charge is 0.268 e. The van der Waals surface area contributed by atoms with Crippen molar-refractivity contribution in [1.29, 1.82) is 0 Å². The first-order valence-electron chi connectivity index (χ1n) is 10.5. The number of carbonyl (C=O) groups excluding carboxylic acids is 2. The maximum Gasteiger partial charge on any atom is 0.268 e. The molecular formula is C26H23N3O2S. The van der Waals surface area contributed by atoms with E-state index in [1.54, 1.807) is 24.1 Å². The Labute approximate surface area is 191 Å². The van der Waals surface area contributed by atoms with Crippen molar-refractivity contribution in [2.75, 3.05) is 16.8 Å². The molecule has 2 aromatic carbocycles. The molecule has 0 saturated heterocycles. The van der Waals surface area contributed by atoms with Crippen LogP contribution in [0.3, 0.4) is 0 Å². The fraction of sp³-hybridized carbons (Fsp3) is 0.154. The minimum Gasteiger partial charge on any atom is -0.345 e. The average Bonchev–Trinajstić information content (AvgIpc) is 3.41. The molecule has 160 valence electrons. The molecule has 0 aliphatic carbocycles. The summed E-state index contributed by atoms with van der Waals surface area (Å²) in [5, 5.41) is 1.92. The van der Waals surface area contributed by atoms with Crippen LogP contribution >= 0.6 is 11.3 Å². The van der Waals surface area contributed by atoms with Crippen LogP contribution in [-0.2, 0) is 13.1 Å². The molecule has 3 heterocycles. The summed E-state index contributed by atoms with van der Waals surface area (Å²) in [6.45, 7) is 3.20. The van der Waals surface area contributed by atoms with Crippen molar-refractivity contribution in [3.8, 4) is 0 Å². The maximum absolute atomic E-state index is 13.5. The number of aryl methyl sites for hydroxylation is 1. The van der Waals surface area contributed by atoms with Crippen LogP contribution in [0.2, 0.25) is 0 Å². The largest absolute Gasteiger partial charge is 0.345 e. The zero-order valence-corrected chi connectivity index (χ0v) is 18.8. The molecule has 5 rings (SSSR count). The molecule has 5 nitrogen and oxygen atoms in total. The number of hydrogen-bond donors (Lipinski definition) is 0. The molecule has 0 N–H and O–H groups in total. The van der Waals surface area contributed by atoms with E-state index in [2.05, 4.69) is 22.9 Å². The fourth-order valence-electron chi connectivity index (χ4n) is 4.11. The van der Waals surface area contributed by atoms with Gasteiger partial charge in [-0.1, -0.05) is 18.2 Å². The Morgan fingerprint density at radius 1 is 0.938 bits per heavy atom. The van der Waals surface area contributed by atoms with E-state index in [-0.39, 0.29) is 11.8 Å². The predicted molar refractivity (Wildman–Crippen MR) is 129 cm³/mol. The topological polar surface area (TPSA) is 45.6 Å². The highest BCUT2D eigenvalue weighted by Gasteiger charge is 2.25. The van der Waals surface area contributed by atoms with Crippen molar-refractivity contribution < 1.29 is 9.59 Å². The van der Waals surface area contributed by atoms with Gasteiger partial charge in [0.25, 0.3) is 11.8 Å². The van der Waals surface area contributed by atoms with E-state index >= 15 is 0 Å². The first kappa shape index (κ1) is 20.3. The van der Waals surface area contributed by atoms with Gasteiger partial charge in [0.15, 0.2) is 0 Å². The molecule has 0 saturated carbocycles. The lowest BCUT2D eigenvalue weighted by atomic mass is 10.1. The monoisotopic (exact) mass is 441 g/mol. The summed E-state index contributed by atoms with van der Waals surface area (Å²) in [7, 11) is 1.76. The minimum absolute atomic E-state index is 0.0428. The van der Waals surface area contributed by atoms with Crippen molar-refractivity contribution in [3.05, 3.63) is 106 Å². The lowest BCUT2D eigenvalue weighted by Gasteiger charge is -2.23. The van der Waals surface area contributed by atoms with E-state index < -0.39 is 0 Å². The molecule has 4 aromatic rings. The average molecular weight is 442 g/mol. The highest BCUT2D eigenvalue weighted by molar-refractivity contribution is 7.12. The van der Waals surface area contributed by atoms with Crippen LogP contribution in [0.1, 0.15) is 36.9 Å². The Bertz CT molecular complexity index is 1300. The molecule has 6 heteroatoms. The summed E-state index contributed by atoms with van der Waals surface area (Å²) in [6, 6.07) is 21.3. The zero-order chi connectivity index (χ0) is 22.2. The predicted octanol–water partition coefficient (Wildman–Crippen LogP) is 5.34. The van der Waals surface area contributed by atoms with Crippen LogP contribution < -0.4 is 9.80 Å². The van der Waals surface area contributed by atoms with Crippen LogP contribution in [-0.4, -0.2) is 23.4 Å². The summed E-state index contributed by atoms with van der Waals surface area (Å²) in [6.07, 6.45) is 2.05. The van der Waals surface area contributed by atoms with E-state index in [1.807, 2.05) is 59.7 Å². The van der Waals surface area contributed by atoms with Gasteiger partial charge in [-0.3, -0.25) is 9.59 Å². The number of amides is 2. The number of thiophene rings is 1. The number of benzene rings is 2. The van der Waals surface area contributed by atoms with Gasteiger partial charge in [-0.2, -0.15) is 0 Å². The highest BCUT2D eigenvalue weighted by Crippen LogP contribution is 2.29. The van der Waals surface area contributed by atoms with Crippen LogP contribution in [0.25, 0.3) is 0 Å². The normalized spacial score (nSPS) is 12.6. The molecule has 2 amide bonds. The molecule has 0 bridgehead atoms. The molecule has 2 aromatic heterocycles. The number of hydrogen-bond acceptors (Lipinski definition) is 3. The molecule has 32 heavy (non-hydrogen) atoms. The van der Waals surface area contributed by atoms with Crippen molar-refractivity contribution in [2.45, 2.75) is 20.0 Å². The molecule has 0 atom stereocenters. The van der Waals surface area contributed by atoms with Gasteiger partial charge in [0.1, 0.15) is 0 Å². The zero-order valence-electron chi connectivity index (χ0n) is 18.0. The molecular weight excluding hydrogens is 418 g/mol. The Balaban J connectivity index is 1.43. The fourth-order valence-corrected chi connectivity index (χ4v) is 5.01. The van der Waals surface area contributed by atoms with Gasteiger partial charge in [0, 0.05) is 42.4 Å². The number of anilines is 2. The van der Waals surface area contributed by atoms with Crippen LogP contribution in [0.15, 0.2) is 78.3 Å². The first-order valence-corrected chi connectivity index (χ1v) is 11.4. The van der Waals surface area contributed by atoms with Crippen molar-refractivity contribution in [3.63, 3.8) is 0 Å². The Hall–Kier alpha value is -3.64. The van der Waals surface area contributed by atoms with Crippen molar-refractivity contribution >= 4 is 34.5 Å². The Kier molecular flexibility index (Phi) is 5.15. The standard InChI is InChI=1S/C26H23N3O2S/c1-18-13-15-32-24(18)26(31)27(2)21-11-9-19(10-12-21)25(30)29-17-22-7-5-14-28(22)16-20-6-3-4-8-23(20)29/h3-15H,16-17H2,1-2H3. The third-order valence-electron chi connectivity index (χ3n) is 5.97. The summed E-state index contributed by atoms with van der Waals surface area (Å²) < 4.78 is 2.18. The van der Waals surface area contributed by atoms with Gasteiger partial charge < -0.3 is 14.4 Å². The van der Waals surface area contributed by atoms with Gasteiger partial charge in [-0.15, -0.1) is 11.3 Å². The lowest BCUT2D eigenvalue weighted by Crippen LogP contribution is -2.30. The van der Waals surface area contributed by atoms with Crippen molar-refractivity contribution in [2.24, 2.45) is 0 Å². The number of nitrogens with zero attached hydrogens (tertiary/aromatic N) is 3. The third-order valence-corrected chi connectivity index (χ3v) is 6.98. The van der Waals surface area contributed by atoms with Crippen LogP contribution in [0.4, 0.5) is 11.4 Å². The van der Waals surface area contributed by atoms with Gasteiger partial charge >= 0.3 is 0 Å². The summed E-state index contributed by atoms with van der Waals surface area (Å²) >= 11 is 1.44. The van der Waals surface area contributed by atoms with Gasteiger partial charge in [0.2, 0.25) is 0 Å². The van der Waals surface area contributed by atoms with E-state index in [9.17, 15) is 9.59 Å². The summed E-state index contributed by atoms with van der Waals surface area (Å²) in [5.41, 5.74) is 5.47. The third kappa shape index (κ3) is 3.52. The maximum atomic E-state index is 13.5. The quantitative estimate of drug-likeness (QED) is 0.431. The van der Waals surface area contributed by atoms with Gasteiger partial charge in [-0.05, 0) is 72.0 Å². The SMILES string of the molecule is Cc1ccsc1C(=O)N(C)c1ccc(C(=O)N2Cc3cccn3Cc3ccccc32)cc1. The number of rotatable bonds is 3. The number of aromatic nitrogens is 1. The summed E-state index contributed by atoms with van der Waals surface area (Å²) in [5.74, 6) is -0.0967. The second kappa shape index (κ2) is 8.13. The van der Waals surface area contributed by atoms with E-state index in [0.29, 0.717) is 12.1 Å². The number of para-hydroxylation sites is 1. The first-order chi connectivity index (χ1) is 15.5. The molecule has 1 aliphatic heterocycles. The minimum atomic E-state index is -0.0540. The number of carbonyl (C=O) groups is 2. The van der Waals surface area contributed by atoms with E-state index in [1.165, 1.54) is 11.3 Å². The van der Waals surface area contributed by atoms with Gasteiger partial charge in [-0.25, -0.2) is 0 Å². The second-order valence-corrected chi connectivity index (χ2v) is 8.91. The second-order valence-electron chi connectivity index (χ2n) is 7.99. The number of fused-ring (bicyclic) bond motifs is 2. The van der Waals surface area contributed by atoms with Crippen molar-refractivity contribution in [1.82, 2.24) is 4.57 Å². The van der Waals surface area contributed by atoms with Gasteiger partial charge in [0.05, 0.1) is 11.4 Å². The Morgan fingerprint density at radius 3 is 2.47 bits per heavy atom. The Morgan fingerprint density at radius 2 is 1.72 bits per heavy atom. The van der Waals surface area contributed by atoms with E-state index in [0.717, 1.165) is 39.6 Å². The molecule has 0 unspecified atom stereocenters. The highest BCUT2D eigenvalue weighted by atomic mass is 32.1. The molecule has 0 spiro atoms. The van der Waals surface area contributed by atoms with Crippen LogP contribution in [0.5, 0.6) is 0 Å².